The second-order valence-corrected chi connectivity index (χ2v) is 6.81. The van der Waals surface area contributed by atoms with E-state index in [2.05, 4.69) is 10.2 Å². The summed E-state index contributed by atoms with van der Waals surface area (Å²) < 4.78 is 0. The molecular formula is C17H25ClN2O. The van der Waals surface area contributed by atoms with Crippen molar-refractivity contribution in [3.63, 3.8) is 0 Å². The molecule has 3 nitrogen and oxygen atoms in total. The highest BCUT2D eigenvalue weighted by Gasteiger charge is 2.25. The van der Waals surface area contributed by atoms with Gasteiger partial charge in [-0.25, -0.2) is 0 Å². The molecule has 0 unspecified atom stereocenters. The fourth-order valence-corrected chi connectivity index (χ4v) is 2.74. The van der Waals surface area contributed by atoms with Gasteiger partial charge < -0.3 is 10.2 Å². The molecule has 0 saturated carbocycles. The van der Waals surface area contributed by atoms with Gasteiger partial charge >= 0.3 is 0 Å². The van der Waals surface area contributed by atoms with Gasteiger partial charge in [0.15, 0.2) is 0 Å². The molecule has 0 aromatic heterocycles. The van der Waals surface area contributed by atoms with Crippen LogP contribution in [0.3, 0.4) is 0 Å². The number of nitrogens with one attached hydrogen (secondary N) is 1. The predicted octanol–water partition coefficient (Wildman–Crippen LogP) is 4.71. The summed E-state index contributed by atoms with van der Waals surface area (Å²) in [6.45, 7) is 8.05. The third kappa shape index (κ3) is 3.91. The summed E-state index contributed by atoms with van der Waals surface area (Å²) in [5, 5.41) is 3.67. The second-order valence-electron chi connectivity index (χ2n) is 6.41. The Kier molecular flexibility index (Phi) is 5.15. The minimum Gasteiger partial charge on any atom is -0.370 e. The Bertz CT molecular complexity index is 508. The highest BCUT2D eigenvalue weighted by Crippen LogP contribution is 2.31. The molecule has 0 bridgehead atoms. The van der Waals surface area contributed by atoms with Gasteiger partial charge in [0.25, 0.3) is 0 Å². The molecule has 0 aliphatic carbocycles. The van der Waals surface area contributed by atoms with Gasteiger partial charge in [-0.1, -0.05) is 32.4 Å². The number of halogens is 1. The average molecular weight is 309 g/mol. The predicted molar refractivity (Wildman–Crippen MR) is 90.2 cm³/mol. The molecule has 1 amide bonds. The Morgan fingerprint density at radius 2 is 1.95 bits per heavy atom. The Hall–Kier alpha value is -1.22. The monoisotopic (exact) mass is 308 g/mol. The molecule has 1 aliphatic heterocycles. The molecule has 4 heteroatoms. The molecule has 21 heavy (non-hydrogen) atoms. The maximum Gasteiger partial charge on any atom is 0.230 e. The maximum atomic E-state index is 12.2. The van der Waals surface area contributed by atoms with Crippen molar-refractivity contribution in [3.8, 4) is 0 Å². The quantitative estimate of drug-likeness (QED) is 0.874. The highest BCUT2D eigenvalue weighted by atomic mass is 35.5. The summed E-state index contributed by atoms with van der Waals surface area (Å²) in [4.78, 5) is 14.5. The number of anilines is 2. The minimum absolute atomic E-state index is 0.0341. The van der Waals surface area contributed by atoms with Crippen molar-refractivity contribution in [1.82, 2.24) is 0 Å². The first-order chi connectivity index (χ1) is 9.94. The summed E-state index contributed by atoms with van der Waals surface area (Å²) in [5.74, 6) is 0.0341. The second kappa shape index (κ2) is 6.69. The normalized spacial score (nSPS) is 15.9. The van der Waals surface area contributed by atoms with Crippen molar-refractivity contribution < 1.29 is 4.79 Å². The Morgan fingerprint density at radius 1 is 1.29 bits per heavy atom. The van der Waals surface area contributed by atoms with E-state index >= 15 is 0 Å². The lowest BCUT2D eigenvalue weighted by Crippen LogP contribution is -2.30. The topological polar surface area (TPSA) is 32.3 Å². The Labute approximate surface area is 132 Å². The van der Waals surface area contributed by atoms with Gasteiger partial charge in [0.2, 0.25) is 5.91 Å². The summed E-state index contributed by atoms with van der Waals surface area (Å²) in [6, 6.07) is 5.82. The van der Waals surface area contributed by atoms with E-state index in [1.165, 1.54) is 19.3 Å². The van der Waals surface area contributed by atoms with Gasteiger partial charge in [-0.3, -0.25) is 4.79 Å². The highest BCUT2D eigenvalue weighted by molar-refractivity contribution is 6.33. The van der Waals surface area contributed by atoms with Crippen LogP contribution in [0.4, 0.5) is 11.4 Å². The Balaban J connectivity index is 2.10. The fraction of sp³-hybridized carbons (Fsp3) is 0.588. The summed E-state index contributed by atoms with van der Waals surface area (Å²) in [5.41, 5.74) is 1.48. The van der Waals surface area contributed by atoms with E-state index in [1.807, 2.05) is 39.0 Å². The molecule has 1 aromatic rings. The fourth-order valence-electron chi connectivity index (χ4n) is 2.44. The van der Waals surface area contributed by atoms with E-state index in [-0.39, 0.29) is 11.3 Å². The molecule has 1 fully saturated rings. The van der Waals surface area contributed by atoms with E-state index in [0.29, 0.717) is 5.02 Å². The number of hydrogen-bond donors (Lipinski definition) is 1. The van der Waals surface area contributed by atoms with Crippen LogP contribution >= 0.6 is 11.6 Å². The smallest absolute Gasteiger partial charge is 0.230 e. The van der Waals surface area contributed by atoms with Crippen LogP contribution in [0.2, 0.25) is 5.02 Å². The average Bonchev–Trinajstić information content (AvgIpc) is 2.48. The number of benzene rings is 1. The summed E-state index contributed by atoms with van der Waals surface area (Å²) >= 11 is 6.40. The van der Waals surface area contributed by atoms with Gasteiger partial charge in [-0.15, -0.1) is 0 Å². The third-order valence-corrected chi connectivity index (χ3v) is 4.70. The van der Waals surface area contributed by atoms with E-state index < -0.39 is 0 Å². The number of carbonyl (C=O) groups excluding carboxylic acids is 1. The summed E-state index contributed by atoms with van der Waals surface area (Å²) in [6.07, 6.45) is 4.55. The molecule has 116 valence electrons. The van der Waals surface area contributed by atoms with E-state index in [4.69, 9.17) is 11.6 Å². The number of hydrogen-bond acceptors (Lipinski definition) is 2. The van der Waals surface area contributed by atoms with Crippen LogP contribution in [-0.4, -0.2) is 19.0 Å². The van der Waals surface area contributed by atoms with Crippen molar-refractivity contribution in [2.75, 3.05) is 23.3 Å². The van der Waals surface area contributed by atoms with Crippen LogP contribution in [0.1, 0.15) is 46.5 Å². The summed E-state index contributed by atoms with van der Waals surface area (Å²) in [7, 11) is 0. The van der Waals surface area contributed by atoms with E-state index in [1.54, 1.807) is 0 Å². The molecule has 1 N–H and O–H groups in total. The zero-order valence-corrected chi connectivity index (χ0v) is 14.0. The zero-order valence-electron chi connectivity index (χ0n) is 13.2. The van der Waals surface area contributed by atoms with E-state index in [0.717, 1.165) is 30.9 Å². The molecule has 2 rings (SSSR count). The van der Waals surface area contributed by atoms with Crippen molar-refractivity contribution in [3.05, 3.63) is 23.2 Å². The van der Waals surface area contributed by atoms with E-state index in [9.17, 15) is 4.79 Å². The molecule has 0 radical (unpaired) electrons. The minimum atomic E-state index is -0.363. The van der Waals surface area contributed by atoms with Crippen LogP contribution in [0.5, 0.6) is 0 Å². The standard InChI is InChI=1S/C17H25ClN2O/c1-4-17(2,3)16(21)19-13-8-9-15(14(18)12-13)20-10-6-5-7-11-20/h8-9,12H,4-7,10-11H2,1-3H3,(H,19,21). The number of rotatable bonds is 4. The molecule has 1 aromatic carbocycles. The lowest BCUT2D eigenvalue weighted by Gasteiger charge is -2.30. The lowest BCUT2D eigenvalue weighted by molar-refractivity contribution is -0.124. The first kappa shape index (κ1) is 16.2. The van der Waals surface area contributed by atoms with Crippen LogP contribution in [0, 0.1) is 5.41 Å². The van der Waals surface area contributed by atoms with Gasteiger partial charge in [-0.2, -0.15) is 0 Å². The molecule has 0 atom stereocenters. The van der Waals surface area contributed by atoms with Crippen LogP contribution in [0.15, 0.2) is 18.2 Å². The number of piperidine rings is 1. The largest absolute Gasteiger partial charge is 0.370 e. The van der Waals surface area contributed by atoms with Gasteiger partial charge in [-0.05, 0) is 43.9 Å². The van der Waals surface area contributed by atoms with Gasteiger partial charge in [0.05, 0.1) is 10.7 Å². The van der Waals surface area contributed by atoms with Gasteiger partial charge in [0, 0.05) is 24.2 Å². The maximum absolute atomic E-state index is 12.2. The SMILES string of the molecule is CCC(C)(C)C(=O)Nc1ccc(N2CCCCC2)c(Cl)c1. The lowest BCUT2D eigenvalue weighted by atomic mass is 9.89. The third-order valence-electron chi connectivity index (χ3n) is 4.40. The van der Waals surface area contributed by atoms with Crippen LogP contribution < -0.4 is 10.2 Å². The Morgan fingerprint density at radius 3 is 2.52 bits per heavy atom. The van der Waals surface area contributed by atoms with Crippen molar-refractivity contribution in [2.24, 2.45) is 5.41 Å². The van der Waals surface area contributed by atoms with Crippen molar-refractivity contribution in [2.45, 2.75) is 46.5 Å². The molecule has 1 heterocycles. The molecule has 1 aliphatic rings. The first-order valence-corrected chi connectivity index (χ1v) is 8.18. The molecule has 0 spiro atoms. The van der Waals surface area contributed by atoms with Crippen molar-refractivity contribution >= 4 is 28.9 Å². The molecule has 1 saturated heterocycles. The number of amides is 1. The zero-order chi connectivity index (χ0) is 15.5. The number of nitrogens with zero attached hydrogens (tertiary/aromatic N) is 1. The van der Waals surface area contributed by atoms with Crippen LogP contribution in [0.25, 0.3) is 0 Å². The van der Waals surface area contributed by atoms with Crippen LogP contribution in [-0.2, 0) is 4.79 Å². The van der Waals surface area contributed by atoms with Crippen molar-refractivity contribution in [1.29, 1.82) is 0 Å². The van der Waals surface area contributed by atoms with Gasteiger partial charge in [0.1, 0.15) is 0 Å². The first-order valence-electron chi connectivity index (χ1n) is 7.80. The number of carbonyl (C=O) groups is 1. The molecular weight excluding hydrogens is 284 g/mol.